The summed E-state index contributed by atoms with van der Waals surface area (Å²) < 4.78 is 3.05. The molecule has 8 nitrogen and oxygen atoms in total. The number of carbonyl (C=O) groups excluding carboxylic acids is 2. The van der Waals surface area contributed by atoms with Crippen LogP contribution >= 0.6 is 11.3 Å². The highest BCUT2D eigenvalue weighted by molar-refractivity contribution is 7.20. The van der Waals surface area contributed by atoms with Gasteiger partial charge in [0.2, 0.25) is 5.91 Å². The zero-order valence-corrected chi connectivity index (χ0v) is 20.9. The SMILES string of the molecule is Cc1ccc2sc(C(=O)NCC3CC(=O)N(c4ccc(-n5ccnc5CN(C)C)cc4)C3)nc2c1. The Labute approximate surface area is 208 Å². The van der Waals surface area contributed by atoms with Gasteiger partial charge >= 0.3 is 0 Å². The Morgan fingerprint density at radius 1 is 1.17 bits per heavy atom. The van der Waals surface area contributed by atoms with Gasteiger partial charge in [-0.1, -0.05) is 6.07 Å². The van der Waals surface area contributed by atoms with E-state index < -0.39 is 0 Å². The minimum Gasteiger partial charge on any atom is -0.350 e. The molecule has 2 amide bonds. The van der Waals surface area contributed by atoms with E-state index >= 15 is 0 Å². The molecule has 0 bridgehead atoms. The van der Waals surface area contributed by atoms with Crippen molar-refractivity contribution in [2.24, 2.45) is 5.92 Å². The number of aryl methyl sites for hydroxylation is 1. The zero-order valence-electron chi connectivity index (χ0n) is 20.1. The van der Waals surface area contributed by atoms with Gasteiger partial charge in [0.05, 0.1) is 16.8 Å². The van der Waals surface area contributed by atoms with Crippen LogP contribution in [0.25, 0.3) is 15.9 Å². The maximum Gasteiger partial charge on any atom is 0.280 e. The number of rotatable bonds is 7. The number of fused-ring (bicyclic) bond motifs is 1. The molecule has 5 rings (SSSR count). The van der Waals surface area contributed by atoms with Crippen LogP contribution in [0.3, 0.4) is 0 Å². The normalized spacial score (nSPS) is 15.9. The summed E-state index contributed by atoms with van der Waals surface area (Å²) in [6.07, 6.45) is 4.15. The number of thiazole rings is 1. The fourth-order valence-electron chi connectivity index (χ4n) is 4.38. The molecule has 1 unspecified atom stereocenters. The van der Waals surface area contributed by atoms with Crippen molar-refractivity contribution >= 4 is 39.1 Å². The predicted molar refractivity (Wildman–Crippen MR) is 138 cm³/mol. The van der Waals surface area contributed by atoms with Gasteiger partial charge in [-0.3, -0.25) is 9.59 Å². The summed E-state index contributed by atoms with van der Waals surface area (Å²) in [7, 11) is 4.03. The maximum absolute atomic E-state index is 12.7. The van der Waals surface area contributed by atoms with Crippen LogP contribution in [0.4, 0.5) is 5.69 Å². The van der Waals surface area contributed by atoms with Crippen molar-refractivity contribution in [3.8, 4) is 5.69 Å². The van der Waals surface area contributed by atoms with E-state index in [1.54, 1.807) is 11.1 Å². The average Bonchev–Trinajstić information content (AvgIpc) is 3.55. The van der Waals surface area contributed by atoms with Crippen LogP contribution < -0.4 is 10.2 Å². The van der Waals surface area contributed by atoms with E-state index in [9.17, 15) is 9.59 Å². The van der Waals surface area contributed by atoms with Crippen LogP contribution in [0, 0.1) is 12.8 Å². The first-order chi connectivity index (χ1) is 16.9. The molecular formula is C26H28N6O2S. The Kier molecular flexibility index (Phi) is 6.36. The lowest BCUT2D eigenvalue weighted by atomic mass is 10.1. The smallest absolute Gasteiger partial charge is 0.280 e. The molecule has 3 heterocycles. The van der Waals surface area contributed by atoms with Gasteiger partial charge in [0.15, 0.2) is 5.01 Å². The topological polar surface area (TPSA) is 83.4 Å². The first kappa shape index (κ1) is 23.2. The Bertz CT molecular complexity index is 1370. The molecule has 1 N–H and O–H groups in total. The third-order valence-corrected chi connectivity index (χ3v) is 7.14. The van der Waals surface area contributed by atoms with Crippen molar-refractivity contribution in [3.05, 3.63) is 71.3 Å². The van der Waals surface area contributed by atoms with Crippen molar-refractivity contribution in [3.63, 3.8) is 0 Å². The molecular weight excluding hydrogens is 460 g/mol. The third-order valence-electron chi connectivity index (χ3n) is 6.11. The van der Waals surface area contributed by atoms with Gasteiger partial charge < -0.3 is 19.7 Å². The van der Waals surface area contributed by atoms with Gasteiger partial charge in [-0.15, -0.1) is 11.3 Å². The second kappa shape index (κ2) is 9.59. The van der Waals surface area contributed by atoms with Crippen molar-refractivity contribution < 1.29 is 9.59 Å². The van der Waals surface area contributed by atoms with Crippen LogP contribution in [-0.2, 0) is 11.3 Å². The summed E-state index contributed by atoms with van der Waals surface area (Å²) in [5, 5.41) is 3.43. The summed E-state index contributed by atoms with van der Waals surface area (Å²) in [6.45, 7) is 3.77. The van der Waals surface area contributed by atoms with Gasteiger partial charge in [-0.25, -0.2) is 9.97 Å². The van der Waals surface area contributed by atoms with Crippen LogP contribution in [-0.4, -0.2) is 58.4 Å². The minimum atomic E-state index is -0.187. The number of aromatic nitrogens is 3. The lowest BCUT2D eigenvalue weighted by molar-refractivity contribution is -0.117. The quantitative estimate of drug-likeness (QED) is 0.430. The van der Waals surface area contributed by atoms with Crippen molar-refractivity contribution in [1.82, 2.24) is 24.8 Å². The van der Waals surface area contributed by atoms with Gasteiger partial charge in [0, 0.05) is 49.2 Å². The molecule has 1 fully saturated rings. The largest absolute Gasteiger partial charge is 0.350 e. The molecule has 35 heavy (non-hydrogen) atoms. The van der Waals surface area contributed by atoms with E-state index in [1.807, 2.05) is 69.7 Å². The zero-order chi connectivity index (χ0) is 24.5. The number of anilines is 1. The molecule has 1 aliphatic rings. The average molecular weight is 489 g/mol. The highest BCUT2D eigenvalue weighted by Gasteiger charge is 2.31. The Hall–Kier alpha value is -3.56. The molecule has 1 aliphatic heterocycles. The second-order valence-electron chi connectivity index (χ2n) is 9.24. The first-order valence-electron chi connectivity index (χ1n) is 11.6. The van der Waals surface area contributed by atoms with Crippen LogP contribution in [0.15, 0.2) is 54.9 Å². The Morgan fingerprint density at radius 3 is 2.71 bits per heavy atom. The first-order valence-corrected chi connectivity index (χ1v) is 12.4. The maximum atomic E-state index is 12.7. The lowest BCUT2D eigenvalue weighted by Crippen LogP contribution is -2.31. The van der Waals surface area contributed by atoms with Crippen molar-refractivity contribution in [2.45, 2.75) is 19.9 Å². The van der Waals surface area contributed by atoms with Crippen molar-refractivity contribution in [1.29, 1.82) is 0 Å². The number of amides is 2. The monoisotopic (exact) mass is 488 g/mol. The fourth-order valence-corrected chi connectivity index (χ4v) is 5.24. The number of imidazole rings is 1. The van der Waals surface area contributed by atoms with Crippen LogP contribution in [0.5, 0.6) is 0 Å². The van der Waals surface area contributed by atoms with Gasteiger partial charge in [0.25, 0.3) is 5.91 Å². The number of hydrogen-bond donors (Lipinski definition) is 1. The molecule has 1 saturated heterocycles. The summed E-state index contributed by atoms with van der Waals surface area (Å²) in [6, 6.07) is 13.9. The van der Waals surface area contributed by atoms with Crippen LogP contribution in [0.1, 0.15) is 27.6 Å². The van der Waals surface area contributed by atoms with Crippen molar-refractivity contribution in [2.75, 3.05) is 32.1 Å². The van der Waals surface area contributed by atoms with Crippen LogP contribution in [0.2, 0.25) is 0 Å². The minimum absolute atomic E-state index is 0.0584. The van der Waals surface area contributed by atoms with E-state index in [4.69, 9.17) is 0 Å². The number of benzene rings is 2. The molecule has 0 radical (unpaired) electrons. The highest BCUT2D eigenvalue weighted by Crippen LogP contribution is 2.27. The van der Waals surface area contributed by atoms with E-state index in [0.717, 1.165) is 39.5 Å². The number of hydrogen-bond acceptors (Lipinski definition) is 6. The molecule has 4 aromatic rings. The summed E-state index contributed by atoms with van der Waals surface area (Å²) in [5.41, 5.74) is 3.83. The Balaban J connectivity index is 1.21. The highest BCUT2D eigenvalue weighted by atomic mass is 32.1. The Morgan fingerprint density at radius 2 is 1.94 bits per heavy atom. The third kappa shape index (κ3) is 4.96. The molecule has 0 spiro atoms. The van der Waals surface area contributed by atoms with Gasteiger partial charge in [-0.2, -0.15) is 0 Å². The van der Waals surface area contributed by atoms with E-state index in [1.165, 1.54) is 11.3 Å². The number of nitrogens with zero attached hydrogens (tertiary/aromatic N) is 5. The summed E-state index contributed by atoms with van der Waals surface area (Å²) >= 11 is 1.39. The molecule has 2 aromatic heterocycles. The molecule has 180 valence electrons. The van der Waals surface area contributed by atoms with E-state index in [-0.39, 0.29) is 17.7 Å². The number of nitrogens with one attached hydrogen (secondary N) is 1. The summed E-state index contributed by atoms with van der Waals surface area (Å²) in [5.74, 6) is 0.901. The van der Waals surface area contributed by atoms with E-state index in [2.05, 4.69) is 24.8 Å². The van der Waals surface area contributed by atoms with Gasteiger partial charge in [0.1, 0.15) is 5.82 Å². The standard InChI is InChI=1S/C26H28N6O2S/c1-17-4-9-22-21(12-17)29-26(35-22)25(34)28-14-18-13-24(33)32(15-18)20-7-5-19(6-8-20)31-11-10-27-23(31)16-30(2)3/h4-12,18H,13-16H2,1-3H3,(H,28,34). The molecule has 0 aliphatic carbocycles. The molecule has 0 saturated carbocycles. The molecule has 1 atom stereocenters. The lowest BCUT2D eigenvalue weighted by Gasteiger charge is -2.18. The second-order valence-corrected chi connectivity index (χ2v) is 10.3. The predicted octanol–water partition coefficient (Wildman–Crippen LogP) is 3.63. The van der Waals surface area contributed by atoms with Gasteiger partial charge in [-0.05, 0) is 63.0 Å². The fraction of sp³-hybridized carbons (Fsp3) is 0.308. The number of carbonyl (C=O) groups is 2. The summed E-state index contributed by atoms with van der Waals surface area (Å²) in [4.78, 5) is 38.2. The van der Waals surface area contributed by atoms with E-state index in [0.29, 0.717) is 24.5 Å². The molecule has 2 aromatic carbocycles. The molecule has 9 heteroatoms.